The SMILES string of the molecule is COc1c(C)cnc(CC(=O)c2cc(F)ccc2F)c1C. The first-order chi connectivity index (χ1) is 9.93. The molecule has 1 heterocycles. The Morgan fingerprint density at radius 2 is 2.00 bits per heavy atom. The van der Waals surface area contributed by atoms with Gasteiger partial charge in [0.1, 0.15) is 17.4 Å². The van der Waals surface area contributed by atoms with Gasteiger partial charge in [0.2, 0.25) is 0 Å². The van der Waals surface area contributed by atoms with Crippen LogP contribution in [0.3, 0.4) is 0 Å². The van der Waals surface area contributed by atoms with Crippen LogP contribution < -0.4 is 4.74 Å². The quantitative estimate of drug-likeness (QED) is 0.810. The van der Waals surface area contributed by atoms with Crippen LogP contribution >= 0.6 is 0 Å². The summed E-state index contributed by atoms with van der Waals surface area (Å²) in [4.78, 5) is 16.3. The van der Waals surface area contributed by atoms with Gasteiger partial charge in [-0.3, -0.25) is 9.78 Å². The summed E-state index contributed by atoms with van der Waals surface area (Å²) in [6.45, 7) is 3.63. The molecular formula is C16H15F2NO2. The van der Waals surface area contributed by atoms with E-state index in [1.54, 1.807) is 13.1 Å². The molecule has 0 aliphatic carbocycles. The molecule has 0 N–H and O–H groups in total. The zero-order chi connectivity index (χ0) is 15.6. The molecule has 0 fully saturated rings. The van der Waals surface area contributed by atoms with Crippen molar-refractivity contribution in [3.63, 3.8) is 0 Å². The molecule has 0 saturated carbocycles. The van der Waals surface area contributed by atoms with Crippen LogP contribution in [0.1, 0.15) is 27.2 Å². The van der Waals surface area contributed by atoms with Gasteiger partial charge in [0.05, 0.1) is 24.8 Å². The predicted octanol–water partition coefficient (Wildman–Crippen LogP) is 3.41. The fourth-order valence-corrected chi connectivity index (χ4v) is 2.21. The summed E-state index contributed by atoms with van der Waals surface area (Å²) in [5.74, 6) is -1.26. The lowest BCUT2D eigenvalue weighted by atomic mass is 10.0. The van der Waals surface area contributed by atoms with Crippen LogP contribution in [0, 0.1) is 25.5 Å². The first-order valence-corrected chi connectivity index (χ1v) is 6.41. The first kappa shape index (κ1) is 15.1. The van der Waals surface area contributed by atoms with Gasteiger partial charge in [0.25, 0.3) is 0 Å². The molecule has 0 spiro atoms. The molecule has 5 heteroatoms. The Kier molecular flexibility index (Phi) is 4.31. The van der Waals surface area contributed by atoms with E-state index in [1.807, 2.05) is 6.92 Å². The van der Waals surface area contributed by atoms with E-state index in [-0.39, 0.29) is 12.0 Å². The molecule has 2 aromatic rings. The topological polar surface area (TPSA) is 39.2 Å². The smallest absolute Gasteiger partial charge is 0.171 e. The highest BCUT2D eigenvalue weighted by Crippen LogP contribution is 2.25. The van der Waals surface area contributed by atoms with Crippen LogP contribution in [0.4, 0.5) is 8.78 Å². The van der Waals surface area contributed by atoms with Crippen molar-refractivity contribution in [1.82, 2.24) is 4.98 Å². The lowest BCUT2D eigenvalue weighted by Crippen LogP contribution is -2.10. The van der Waals surface area contributed by atoms with Crippen molar-refractivity contribution in [2.75, 3.05) is 7.11 Å². The van der Waals surface area contributed by atoms with Gasteiger partial charge in [-0.05, 0) is 32.0 Å². The Morgan fingerprint density at radius 1 is 1.29 bits per heavy atom. The standard InChI is InChI=1S/C16H15F2NO2/c1-9-8-19-14(10(2)16(9)21-3)7-15(20)12-6-11(17)4-5-13(12)18/h4-6,8H,7H2,1-3H3. The van der Waals surface area contributed by atoms with Crippen molar-refractivity contribution in [3.8, 4) is 5.75 Å². The zero-order valence-corrected chi connectivity index (χ0v) is 12.0. The average molecular weight is 291 g/mol. The first-order valence-electron chi connectivity index (χ1n) is 6.41. The average Bonchev–Trinajstić information content (AvgIpc) is 2.45. The second-order valence-corrected chi connectivity index (χ2v) is 4.77. The number of hydrogen-bond acceptors (Lipinski definition) is 3. The van der Waals surface area contributed by atoms with Gasteiger partial charge < -0.3 is 4.74 Å². The third kappa shape index (κ3) is 3.07. The van der Waals surface area contributed by atoms with Crippen LogP contribution in [0.25, 0.3) is 0 Å². The molecule has 0 bridgehead atoms. The summed E-state index contributed by atoms with van der Waals surface area (Å²) in [5, 5.41) is 0. The summed E-state index contributed by atoms with van der Waals surface area (Å²) in [5.41, 5.74) is 1.80. The number of ketones is 1. The normalized spacial score (nSPS) is 10.5. The molecule has 0 saturated heterocycles. The summed E-state index contributed by atoms with van der Waals surface area (Å²) < 4.78 is 32.0. The summed E-state index contributed by atoms with van der Waals surface area (Å²) >= 11 is 0. The predicted molar refractivity (Wildman–Crippen MR) is 74.7 cm³/mol. The Bertz CT molecular complexity index is 699. The van der Waals surface area contributed by atoms with Crippen LogP contribution in [0.2, 0.25) is 0 Å². The molecule has 1 aromatic carbocycles. The monoisotopic (exact) mass is 291 g/mol. The Balaban J connectivity index is 2.34. The highest BCUT2D eigenvalue weighted by Gasteiger charge is 2.17. The van der Waals surface area contributed by atoms with E-state index in [2.05, 4.69) is 4.98 Å². The number of carbonyl (C=O) groups excluding carboxylic acids is 1. The number of pyridine rings is 1. The van der Waals surface area contributed by atoms with E-state index >= 15 is 0 Å². The molecular weight excluding hydrogens is 276 g/mol. The minimum absolute atomic E-state index is 0.108. The molecule has 0 amide bonds. The van der Waals surface area contributed by atoms with Crippen molar-refractivity contribution in [2.45, 2.75) is 20.3 Å². The number of methoxy groups -OCH3 is 1. The minimum atomic E-state index is -0.738. The Labute approximate surface area is 121 Å². The minimum Gasteiger partial charge on any atom is -0.496 e. The molecule has 110 valence electrons. The number of aromatic nitrogens is 1. The highest BCUT2D eigenvalue weighted by molar-refractivity contribution is 5.97. The lowest BCUT2D eigenvalue weighted by Gasteiger charge is -2.12. The number of benzene rings is 1. The van der Waals surface area contributed by atoms with Crippen molar-refractivity contribution in [1.29, 1.82) is 0 Å². The number of hydrogen-bond donors (Lipinski definition) is 0. The lowest BCUT2D eigenvalue weighted by molar-refractivity contribution is 0.0987. The van der Waals surface area contributed by atoms with E-state index in [0.29, 0.717) is 11.4 Å². The third-order valence-electron chi connectivity index (χ3n) is 3.31. The third-order valence-corrected chi connectivity index (χ3v) is 3.31. The maximum Gasteiger partial charge on any atom is 0.171 e. The van der Waals surface area contributed by atoms with E-state index in [9.17, 15) is 13.6 Å². The molecule has 3 nitrogen and oxygen atoms in total. The summed E-state index contributed by atoms with van der Waals surface area (Å²) in [6, 6.07) is 2.82. The van der Waals surface area contributed by atoms with Crippen molar-refractivity contribution in [3.05, 3.63) is 58.4 Å². The van der Waals surface area contributed by atoms with Crippen LogP contribution in [0.5, 0.6) is 5.75 Å². The summed E-state index contributed by atoms with van der Waals surface area (Å²) in [6.07, 6.45) is 1.49. The number of halogens is 2. The fraction of sp³-hybridized carbons (Fsp3) is 0.250. The molecule has 0 aliphatic rings. The molecule has 0 radical (unpaired) electrons. The van der Waals surface area contributed by atoms with Crippen molar-refractivity contribution < 1.29 is 18.3 Å². The zero-order valence-electron chi connectivity index (χ0n) is 12.0. The number of aryl methyl sites for hydroxylation is 1. The Hall–Kier alpha value is -2.30. The number of nitrogens with zero attached hydrogens (tertiary/aromatic N) is 1. The van der Waals surface area contributed by atoms with Crippen molar-refractivity contribution in [2.24, 2.45) is 0 Å². The van der Waals surface area contributed by atoms with Crippen molar-refractivity contribution >= 4 is 5.78 Å². The van der Waals surface area contributed by atoms with E-state index in [0.717, 1.165) is 29.3 Å². The second-order valence-electron chi connectivity index (χ2n) is 4.77. The van der Waals surface area contributed by atoms with E-state index in [1.165, 1.54) is 7.11 Å². The number of carbonyl (C=O) groups is 1. The largest absolute Gasteiger partial charge is 0.496 e. The van der Waals surface area contributed by atoms with Gasteiger partial charge in [0, 0.05) is 17.3 Å². The molecule has 0 unspecified atom stereocenters. The van der Waals surface area contributed by atoms with Crippen LogP contribution in [0.15, 0.2) is 24.4 Å². The van der Waals surface area contributed by atoms with Gasteiger partial charge in [-0.1, -0.05) is 0 Å². The van der Waals surface area contributed by atoms with Gasteiger partial charge in [-0.2, -0.15) is 0 Å². The fourth-order valence-electron chi connectivity index (χ4n) is 2.21. The Morgan fingerprint density at radius 3 is 2.67 bits per heavy atom. The van der Waals surface area contributed by atoms with Crippen LogP contribution in [-0.4, -0.2) is 17.9 Å². The van der Waals surface area contributed by atoms with Crippen LogP contribution in [-0.2, 0) is 6.42 Å². The maximum atomic E-state index is 13.6. The summed E-state index contributed by atoms with van der Waals surface area (Å²) in [7, 11) is 1.53. The molecule has 21 heavy (non-hydrogen) atoms. The van der Waals surface area contributed by atoms with E-state index in [4.69, 9.17) is 4.74 Å². The number of Topliss-reactive ketones (excluding diaryl/α,β-unsaturated/α-hetero) is 1. The number of rotatable bonds is 4. The molecule has 0 atom stereocenters. The second kappa shape index (κ2) is 5.99. The highest BCUT2D eigenvalue weighted by atomic mass is 19.1. The van der Waals surface area contributed by atoms with Gasteiger partial charge in [-0.15, -0.1) is 0 Å². The van der Waals surface area contributed by atoms with Gasteiger partial charge in [-0.25, -0.2) is 8.78 Å². The van der Waals surface area contributed by atoms with Gasteiger partial charge >= 0.3 is 0 Å². The van der Waals surface area contributed by atoms with E-state index < -0.39 is 17.4 Å². The number of ether oxygens (including phenoxy) is 1. The molecule has 2 rings (SSSR count). The van der Waals surface area contributed by atoms with Gasteiger partial charge in [0.15, 0.2) is 5.78 Å². The maximum absolute atomic E-state index is 13.6. The molecule has 1 aromatic heterocycles. The molecule has 0 aliphatic heterocycles.